The Hall–Kier alpha value is -1.07. The van der Waals surface area contributed by atoms with E-state index in [1.54, 1.807) is 11.8 Å². The Bertz CT molecular complexity index is 462. The lowest BCUT2D eigenvalue weighted by molar-refractivity contribution is -0.00885. The van der Waals surface area contributed by atoms with Crippen LogP contribution < -0.4 is 10.1 Å². The lowest BCUT2D eigenvalue weighted by Gasteiger charge is -2.36. The molecule has 0 aliphatic heterocycles. The molecule has 2 N–H and O–H groups in total. The maximum atomic E-state index is 10.6. The molecule has 1 aromatic heterocycles. The number of nitrogens with zero attached hydrogens (tertiary/aromatic N) is 2. The highest BCUT2D eigenvalue weighted by Crippen LogP contribution is 2.33. The fourth-order valence-corrected chi connectivity index (χ4v) is 3.36. The van der Waals surface area contributed by atoms with E-state index < -0.39 is 5.60 Å². The van der Waals surface area contributed by atoms with E-state index >= 15 is 0 Å². The largest absolute Gasteiger partial charge is 0.481 e. The van der Waals surface area contributed by atoms with Crippen LogP contribution in [0.4, 0.5) is 0 Å². The highest BCUT2D eigenvalue weighted by molar-refractivity contribution is 5.30. The standard InChI is InChI=1S/C16H29N3O2/c1-5-13-6-8-16(20,9-7-13)11-17-10-14-12(2)18-19(3)15(14)21-4/h13,17,20H,5-11H2,1-4H3. The first-order valence-corrected chi connectivity index (χ1v) is 7.98. The first kappa shape index (κ1) is 16.3. The number of rotatable bonds is 6. The van der Waals surface area contributed by atoms with Crippen molar-refractivity contribution in [3.63, 3.8) is 0 Å². The van der Waals surface area contributed by atoms with Gasteiger partial charge in [0, 0.05) is 20.1 Å². The summed E-state index contributed by atoms with van der Waals surface area (Å²) in [5.74, 6) is 1.59. The molecule has 1 aliphatic rings. The maximum absolute atomic E-state index is 10.6. The Morgan fingerprint density at radius 3 is 2.67 bits per heavy atom. The van der Waals surface area contributed by atoms with Gasteiger partial charge in [-0.25, -0.2) is 4.68 Å². The minimum absolute atomic E-state index is 0.547. The molecule has 1 saturated carbocycles. The Morgan fingerprint density at radius 2 is 2.10 bits per heavy atom. The zero-order valence-electron chi connectivity index (χ0n) is 13.8. The molecule has 5 nitrogen and oxygen atoms in total. The predicted molar refractivity (Wildman–Crippen MR) is 83.4 cm³/mol. The van der Waals surface area contributed by atoms with E-state index in [-0.39, 0.29) is 0 Å². The van der Waals surface area contributed by atoms with Crippen molar-refractivity contribution in [2.24, 2.45) is 13.0 Å². The normalized spacial score (nSPS) is 26.0. The van der Waals surface area contributed by atoms with Crippen LogP contribution in [0.1, 0.15) is 50.3 Å². The second kappa shape index (κ2) is 6.79. The van der Waals surface area contributed by atoms with Crippen LogP contribution in [0.25, 0.3) is 0 Å². The fourth-order valence-electron chi connectivity index (χ4n) is 3.36. The molecule has 1 heterocycles. The van der Waals surface area contributed by atoms with Crippen LogP contribution in [0.15, 0.2) is 0 Å². The monoisotopic (exact) mass is 295 g/mol. The molecule has 0 spiro atoms. The van der Waals surface area contributed by atoms with Crippen molar-refractivity contribution < 1.29 is 9.84 Å². The molecule has 0 amide bonds. The summed E-state index contributed by atoms with van der Waals surface area (Å²) in [5.41, 5.74) is 1.50. The van der Waals surface area contributed by atoms with E-state index in [2.05, 4.69) is 17.3 Å². The molecule has 2 rings (SSSR count). The SMILES string of the molecule is CCC1CCC(O)(CNCc2c(C)nn(C)c2OC)CC1. The van der Waals surface area contributed by atoms with E-state index in [1.807, 2.05) is 14.0 Å². The highest BCUT2D eigenvalue weighted by Gasteiger charge is 2.32. The van der Waals surface area contributed by atoms with Crippen LogP contribution in [0.2, 0.25) is 0 Å². The number of methoxy groups -OCH3 is 1. The minimum atomic E-state index is -0.547. The summed E-state index contributed by atoms with van der Waals surface area (Å²) in [6.07, 6.45) is 5.33. The molecule has 0 saturated heterocycles. The molecular weight excluding hydrogens is 266 g/mol. The van der Waals surface area contributed by atoms with Gasteiger partial charge in [-0.3, -0.25) is 0 Å². The van der Waals surface area contributed by atoms with Gasteiger partial charge in [-0.05, 0) is 38.5 Å². The van der Waals surface area contributed by atoms with Crippen molar-refractivity contribution in [1.29, 1.82) is 0 Å². The van der Waals surface area contributed by atoms with Crippen molar-refractivity contribution in [2.75, 3.05) is 13.7 Å². The van der Waals surface area contributed by atoms with Crippen LogP contribution in [0, 0.1) is 12.8 Å². The molecule has 1 aromatic rings. The molecule has 120 valence electrons. The fraction of sp³-hybridized carbons (Fsp3) is 0.812. The summed E-state index contributed by atoms with van der Waals surface area (Å²) in [5, 5.41) is 18.4. The smallest absolute Gasteiger partial charge is 0.216 e. The van der Waals surface area contributed by atoms with E-state index in [0.29, 0.717) is 13.1 Å². The van der Waals surface area contributed by atoms with Gasteiger partial charge in [0.1, 0.15) is 0 Å². The molecule has 0 unspecified atom stereocenters. The minimum Gasteiger partial charge on any atom is -0.481 e. The van der Waals surface area contributed by atoms with E-state index in [1.165, 1.54) is 6.42 Å². The zero-order valence-corrected chi connectivity index (χ0v) is 13.8. The molecule has 5 heteroatoms. The van der Waals surface area contributed by atoms with Gasteiger partial charge in [-0.2, -0.15) is 5.10 Å². The Balaban J connectivity index is 1.87. The number of ether oxygens (including phenoxy) is 1. The quantitative estimate of drug-likeness (QED) is 0.844. The Kier molecular flexibility index (Phi) is 5.27. The van der Waals surface area contributed by atoms with Crippen LogP contribution in [0.3, 0.4) is 0 Å². The second-order valence-corrected chi connectivity index (χ2v) is 6.38. The molecule has 1 fully saturated rings. The van der Waals surface area contributed by atoms with Gasteiger partial charge in [0.25, 0.3) is 0 Å². The average molecular weight is 295 g/mol. The summed E-state index contributed by atoms with van der Waals surface area (Å²) >= 11 is 0. The summed E-state index contributed by atoms with van der Waals surface area (Å²) < 4.78 is 7.15. The molecule has 0 atom stereocenters. The van der Waals surface area contributed by atoms with Gasteiger partial charge in [-0.1, -0.05) is 13.3 Å². The Labute approximate surface area is 127 Å². The number of aromatic nitrogens is 2. The van der Waals surface area contributed by atoms with Crippen molar-refractivity contribution in [1.82, 2.24) is 15.1 Å². The van der Waals surface area contributed by atoms with Gasteiger partial charge >= 0.3 is 0 Å². The van der Waals surface area contributed by atoms with E-state index in [9.17, 15) is 5.11 Å². The van der Waals surface area contributed by atoms with Gasteiger partial charge in [-0.15, -0.1) is 0 Å². The average Bonchev–Trinajstić information content (AvgIpc) is 2.73. The molecule has 0 bridgehead atoms. The van der Waals surface area contributed by atoms with E-state index in [4.69, 9.17) is 4.74 Å². The van der Waals surface area contributed by atoms with Gasteiger partial charge in [0.15, 0.2) is 0 Å². The van der Waals surface area contributed by atoms with Gasteiger partial charge < -0.3 is 15.2 Å². The third-order valence-corrected chi connectivity index (χ3v) is 4.85. The lowest BCUT2D eigenvalue weighted by Crippen LogP contribution is -2.43. The van der Waals surface area contributed by atoms with Gasteiger partial charge in [0.05, 0.1) is 24.0 Å². The second-order valence-electron chi connectivity index (χ2n) is 6.38. The van der Waals surface area contributed by atoms with Crippen LogP contribution in [0.5, 0.6) is 5.88 Å². The number of nitrogens with one attached hydrogen (secondary N) is 1. The maximum Gasteiger partial charge on any atom is 0.216 e. The van der Waals surface area contributed by atoms with Crippen LogP contribution >= 0.6 is 0 Å². The number of aliphatic hydroxyl groups is 1. The summed E-state index contributed by atoms with van der Waals surface area (Å²) in [6.45, 7) is 5.55. The van der Waals surface area contributed by atoms with Crippen molar-refractivity contribution in [3.05, 3.63) is 11.3 Å². The number of hydrogen-bond acceptors (Lipinski definition) is 4. The molecule has 1 aliphatic carbocycles. The first-order chi connectivity index (χ1) is 9.99. The number of aryl methyl sites for hydroxylation is 2. The third kappa shape index (κ3) is 3.77. The third-order valence-electron chi connectivity index (χ3n) is 4.85. The molecule has 21 heavy (non-hydrogen) atoms. The van der Waals surface area contributed by atoms with E-state index in [0.717, 1.165) is 48.7 Å². The molecular formula is C16H29N3O2. The summed E-state index contributed by atoms with van der Waals surface area (Å²) in [7, 11) is 3.55. The lowest BCUT2D eigenvalue weighted by atomic mass is 9.78. The summed E-state index contributed by atoms with van der Waals surface area (Å²) in [6, 6.07) is 0. The van der Waals surface area contributed by atoms with Crippen molar-refractivity contribution in [2.45, 2.75) is 58.1 Å². The van der Waals surface area contributed by atoms with Crippen molar-refractivity contribution >= 4 is 0 Å². The Morgan fingerprint density at radius 1 is 1.43 bits per heavy atom. The van der Waals surface area contributed by atoms with Crippen molar-refractivity contribution in [3.8, 4) is 5.88 Å². The molecule has 0 radical (unpaired) electrons. The zero-order chi connectivity index (χ0) is 15.5. The first-order valence-electron chi connectivity index (χ1n) is 7.98. The van der Waals surface area contributed by atoms with Crippen LogP contribution in [-0.4, -0.2) is 34.1 Å². The number of hydrogen-bond donors (Lipinski definition) is 2. The molecule has 0 aromatic carbocycles. The van der Waals surface area contributed by atoms with Gasteiger partial charge in [0.2, 0.25) is 5.88 Å². The summed E-state index contributed by atoms with van der Waals surface area (Å²) in [4.78, 5) is 0. The topological polar surface area (TPSA) is 59.3 Å². The van der Waals surface area contributed by atoms with Crippen LogP contribution in [-0.2, 0) is 13.6 Å². The highest BCUT2D eigenvalue weighted by atomic mass is 16.5. The predicted octanol–water partition coefficient (Wildman–Crippen LogP) is 2.16.